The molecule has 3 nitrogen and oxygen atoms in total. The molecule has 0 bridgehead atoms. The number of hydrogen-bond acceptors (Lipinski definition) is 2. The van der Waals surface area contributed by atoms with Gasteiger partial charge in [-0.1, -0.05) is 23.2 Å². The first-order chi connectivity index (χ1) is 8.56. The van der Waals surface area contributed by atoms with Gasteiger partial charge in [0.2, 0.25) is 5.91 Å². The highest BCUT2D eigenvalue weighted by atomic mass is 35.5. The molecule has 0 spiro atoms. The van der Waals surface area contributed by atoms with Crippen molar-refractivity contribution < 1.29 is 4.79 Å². The molecule has 2 rings (SSSR count). The molecule has 0 aromatic heterocycles. The van der Waals surface area contributed by atoms with Crippen molar-refractivity contribution in [3.05, 3.63) is 28.2 Å². The van der Waals surface area contributed by atoms with Gasteiger partial charge in [0.25, 0.3) is 0 Å². The van der Waals surface area contributed by atoms with E-state index >= 15 is 0 Å². The minimum absolute atomic E-state index is 0.156. The number of nitrogens with one attached hydrogen (secondary N) is 1. The molecule has 1 fully saturated rings. The SMILES string of the molecule is CC(=O)N1CCC(Nc2ccc(Cl)c(Cl)c2)CC1. The summed E-state index contributed by atoms with van der Waals surface area (Å²) in [6, 6.07) is 5.93. The Bertz CT molecular complexity index is 443. The average molecular weight is 287 g/mol. The largest absolute Gasteiger partial charge is 0.382 e. The normalized spacial score (nSPS) is 16.7. The predicted molar refractivity (Wildman–Crippen MR) is 75.4 cm³/mol. The van der Waals surface area contributed by atoms with Crippen LogP contribution in [0.5, 0.6) is 0 Å². The molecule has 1 amide bonds. The van der Waals surface area contributed by atoms with Gasteiger partial charge >= 0.3 is 0 Å². The molecule has 1 N–H and O–H groups in total. The Hall–Kier alpha value is -0.930. The van der Waals surface area contributed by atoms with Crippen molar-refractivity contribution in [2.75, 3.05) is 18.4 Å². The third-order valence-electron chi connectivity index (χ3n) is 3.23. The molecule has 1 aliphatic rings. The molecule has 0 unspecified atom stereocenters. The van der Waals surface area contributed by atoms with Gasteiger partial charge in [-0.25, -0.2) is 0 Å². The monoisotopic (exact) mass is 286 g/mol. The minimum Gasteiger partial charge on any atom is -0.382 e. The molecule has 1 heterocycles. The molecular formula is C13H16Cl2N2O. The van der Waals surface area contributed by atoms with Crippen molar-refractivity contribution in [1.82, 2.24) is 4.90 Å². The maximum atomic E-state index is 11.2. The van der Waals surface area contributed by atoms with Crippen LogP contribution in [-0.2, 0) is 4.79 Å². The molecule has 5 heteroatoms. The fraction of sp³-hybridized carbons (Fsp3) is 0.462. The predicted octanol–water partition coefficient (Wildman–Crippen LogP) is 3.42. The van der Waals surface area contributed by atoms with Crippen LogP contribution in [0, 0.1) is 0 Å². The summed E-state index contributed by atoms with van der Waals surface area (Å²) in [5, 5.41) is 4.55. The number of rotatable bonds is 2. The third kappa shape index (κ3) is 3.30. The van der Waals surface area contributed by atoms with Gasteiger partial charge in [-0.3, -0.25) is 4.79 Å². The van der Waals surface area contributed by atoms with Crippen LogP contribution < -0.4 is 5.32 Å². The number of halogens is 2. The van der Waals surface area contributed by atoms with Crippen molar-refractivity contribution in [3.63, 3.8) is 0 Å². The van der Waals surface area contributed by atoms with E-state index in [9.17, 15) is 4.79 Å². The fourth-order valence-electron chi connectivity index (χ4n) is 2.16. The van der Waals surface area contributed by atoms with E-state index in [2.05, 4.69) is 5.32 Å². The summed E-state index contributed by atoms with van der Waals surface area (Å²) in [4.78, 5) is 13.1. The quantitative estimate of drug-likeness (QED) is 0.904. The average Bonchev–Trinajstić information content (AvgIpc) is 2.34. The second-order valence-electron chi connectivity index (χ2n) is 4.55. The highest BCUT2D eigenvalue weighted by Crippen LogP contribution is 2.26. The van der Waals surface area contributed by atoms with Gasteiger partial charge in [-0.2, -0.15) is 0 Å². The van der Waals surface area contributed by atoms with Crippen molar-refractivity contribution in [3.8, 4) is 0 Å². The Morgan fingerprint density at radius 3 is 2.50 bits per heavy atom. The summed E-state index contributed by atoms with van der Waals surface area (Å²) in [5.74, 6) is 0.156. The van der Waals surface area contributed by atoms with E-state index < -0.39 is 0 Å². The number of benzene rings is 1. The third-order valence-corrected chi connectivity index (χ3v) is 3.97. The lowest BCUT2D eigenvalue weighted by Gasteiger charge is -2.32. The summed E-state index contributed by atoms with van der Waals surface area (Å²) in [5.41, 5.74) is 0.977. The van der Waals surface area contributed by atoms with E-state index in [4.69, 9.17) is 23.2 Å². The van der Waals surface area contributed by atoms with E-state index in [0.29, 0.717) is 16.1 Å². The Kier molecular flexibility index (Phi) is 4.36. The molecule has 0 aliphatic carbocycles. The number of anilines is 1. The van der Waals surface area contributed by atoms with E-state index in [1.165, 1.54) is 0 Å². The van der Waals surface area contributed by atoms with Crippen LogP contribution >= 0.6 is 23.2 Å². The standard InChI is InChI=1S/C13H16Cl2N2O/c1-9(18)17-6-4-10(5-7-17)16-11-2-3-12(14)13(15)8-11/h2-3,8,10,16H,4-7H2,1H3. The second-order valence-corrected chi connectivity index (χ2v) is 5.37. The van der Waals surface area contributed by atoms with Crippen LogP contribution in [0.25, 0.3) is 0 Å². The summed E-state index contributed by atoms with van der Waals surface area (Å²) in [6.07, 6.45) is 1.92. The molecule has 18 heavy (non-hydrogen) atoms. The number of nitrogens with zero attached hydrogens (tertiary/aromatic N) is 1. The summed E-state index contributed by atoms with van der Waals surface area (Å²) in [6.45, 7) is 3.25. The van der Waals surface area contributed by atoms with Gasteiger partial charge in [-0.05, 0) is 31.0 Å². The zero-order valence-corrected chi connectivity index (χ0v) is 11.8. The highest BCUT2D eigenvalue weighted by molar-refractivity contribution is 6.42. The van der Waals surface area contributed by atoms with Crippen LogP contribution in [0.3, 0.4) is 0 Å². The summed E-state index contributed by atoms with van der Waals surface area (Å²) in [7, 11) is 0. The lowest BCUT2D eigenvalue weighted by molar-refractivity contribution is -0.129. The van der Waals surface area contributed by atoms with Crippen LogP contribution in [0.4, 0.5) is 5.69 Å². The molecule has 1 aromatic rings. The molecule has 1 aliphatic heterocycles. The topological polar surface area (TPSA) is 32.3 Å². The number of likely N-dealkylation sites (tertiary alicyclic amines) is 1. The lowest BCUT2D eigenvalue weighted by Crippen LogP contribution is -2.41. The Morgan fingerprint density at radius 1 is 1.28 bits per heavy atom. The smallest absolute Gasteiger partial charge is 0.219 e. The highest BCUT2D eigenvalue weighted by Gasteiger charge is 2.20. The van der Waals surface area contributed by atoms with Crippen LogP contribution in [0.2, 0.25) is 10.0 Å². The Morgan fingerprint density at radius 2 is 1.94 bits per heavy atom. The Balaban J connectivity index is 1.91. The van der Waals surface area contributed by atoms with Gasteiger partial charge in [0.05, 0.1) is 10.0 Å². The van der Waals surface area contributed by atoms with E-state index in [0.717, 1.165) is 31.6 Å². The maximum Gasteiger partial charge on any atom is 0.219 e. The molecule has 0 saturated carbocycles. The molecular weight excluding hydrogens is 271 g/mol. The number of hydrogen-bond donors (Lipinski definition) is 1. The minimum atomic E-state index is 0.156. The zero-order chi connectivity index (χ0) is 13.1. The molecule has 98 valence electrons. The lowest BCUT2D eigenvalue weighted by atomic mass is 10.0. The molecule has 0 radical (unpaired) electrons. The number of piperidine rings is 1. The maximum absolute atomic E-state index is 11.2. The van der Waals surface area contributed by atoms with E-state index in [1.54, 1.807) is 13.0 Å². The summed E-state index contributed by atoms with van der Waals surface area (Å²) < 4.78 is 0. The molecule has 1 saturated heterocycles. The number of carbonyl (C=O) groups excluding carboxylic acids is 1. The van der Waals surface area contributed by atoms with Crippen LogP contribution in [-0.4, -0.2) is 29.9 Å². The van der Waals surface area contributed by atoms with E-state index in [1.807, 2.05) is 17.0 Å². The number of carbonyl (C=O) groups is 1. The van der Waals surface area contributed by atoms with Crippen LogP contribution in [0.1, 0.15) is 19.8 Å². The zero-order valence-electron chi connectivity index (χ0n) is 10.2. The van der Waals surface area contributed by atoms with E-state index in [-0.39, 0.29) is 5.91 Å². The first kappa shape index (κ1) is 13.5. The Labute approximate surface area is 117 Å². The van der Waals surface area contributed by atoms with Gasteiger partial charge < -0.3 is 10.2 Å². The first-order valence-electron chi connectivity index (χ1n) is 6.03. The van der Waals surface area contributed by atoms with Gasteiger partial charge in [0, 0.05) is 31.7 Å². The van der Waals surface area contributed by atoms with Crippen molar-refractivity contribution in [2.45, 2.75) is 25.8 Å². The first-order valence-corrected chi connectivity index (χ1v) is 6.79. The summed E-state index contributed by atoms with van der Waals surface area (Å²) >= 11 is 11.8. The fourth-order valence-corrected chi connectivity index (χ4v) is 2.46. The van der Waals surface area contributed by atoms with Gasteiger partial charge in [0.15, 0.2) is 0 Å². The van der Waals surface area contributed by atoms with Crippen LogP contribution in [0.15, 0.2) is 18.2 Å². The van der Waals surface area contributed by atoms with Gasteiger partial charge in [-0.15, -0.1) is 0 Å². The number of amides is 1. The van der Waals surface area contributed by atoms with Gasteiger partial charge in [0.1, 0.15) is 0 Å². The van der Waals surface area contributed by atoms with Crippen molar-refractivity contribution >= 4 is 34.8 Å². The molecule has 1 aromatic carbocycles. The van der Waals surface area contributed by atoms with Crippen molar-refractivity contribution in [1.29, 1.82) is 0 Å². The van der Waals surface area contributed by atoms with Crippen molar-refractivity contribution in [2.24, 2.45) is 0 Å². The molecule has 0 atom stereocenters. The second kappa shape index (κ2) is 5.81.